The van der Waals surface area contributed by atoms with Crippen molar-refractivity contribution >= 4 is 12.1 Å². The molecule has 11 heavy (non-hydrogen) atoms. The lowest BCUT2D eigenvalue weighted by molar-refractivity contribution is -0.112. The third-order valence-electron chi connectivity index (χ3n) is 1.19. The van der Waals surface area contributed by atoms with Crippen LogP contribution in [-0.2, 0) is 9.63 Å². The predicted molar refractivity (Wildman–Crippen MR) is 39.8 cm³/mol. The summed E-state index contributed by atoms with van der Waals surface area (Å²) in [6.07, 6.45) is 3.75. The molecule has 0 aliphatic carbocycles. The predicted octanol–water partition coefficient (Wildman–Crippen LogP) is 0.606. The van der Waals surface area contributed by atoms with E-state index in [4.69, 9.17) is 4.84 Å². The lowest BCUT2D eigenvalue weighted by atomic mass is 10.4. The van der Waals surface area contributed by atoms with Gasteiger partial charge in [0.05, 0.1) is 19.0 Å². The minimum Gasteiger partial charge on any atom is -0.276 e. The van der Waals surface area contributed by atoms with Gasteiger partial charge in [0, 0.05) is 6.20 Å². The third kappa shape index (κ3) is 1.75. The van der Waals surface area contributed by atoms with E-state index in [9.17, 15) is 4.79 Å². The lowest BCUT2D eigenvalue weighted by Gasteiger charge is -2.11. The highest BCUT2D eigenvalue weighted by atomic mass is 16.7. The summed E-state index contributed by atoms with van der Waals surface area (Å²) in [5.41, 5.74) is 0.616. The smallest absolute Gasteiger partial charge is 0.238 e. The molecule has 1 amide bonds. The van der Waals surface area contributed by atoms with Crippen molar-refractivity contribution in [2.75, 3.05) is 12.2 Å². The van der Waals surface area contributed by atoms with Gasteiger partial charge in [0.1, 0.15) is 0 Å². The van der Waals surface area contributed by atoms with E-state index in [1.54, 1.807) is 18.3 Å². The molecule has 4 nitrogen and oxygen atoms in total. The normalized spacial score (nSPS) is 9.18. The maximum Gasteiger partial charge on any atom is 0.238 e. The molecule has 0 saturated heterocycles. The zero-order chi connectivity index (χ0) is 8.10. The molecule has 0 bridgehead atoms. The van der Waals surface area contributed by atoms with E-state index < -0.39 is 0 Å². The van der Waals surface area contributed by atoms with Gasteiger partial charge >= 0.3 is 0 Å². The standard InChI is InChI=1S/C7H8N2O2/c1-11-9(6-10)7-3-2-4-8-5-7/h2-6H,1H3. The van der Waals surface area contributed by atoms with E-state index >= 15 is 0 Å². The van der Waals surface area contributed by atoms with Crippen LogP contribution >= 0.6 is 0 Å². The molecule has 0 aliphatic rings. The van der Waals surface area contributed by atoms with Crippen molar-refractivity contribution in [3.8, 4) is 0 Å². The van der Waals surface area contributed by atoms with Gasteiger partial charge in [-0.05, 0) is 12.1 Å². The van der Waals surface area contributed by atoms with E-state index in [2.05, 4.69) is 4.98 Å². The SMILES string of the molecule is CON(C=O)c1cccnc1. The maximum absolute atomic E-state index is 10.3. The van der Waals surface area contributed by atoms with Gasteiger partial charge in [-0.2, -0.15) is 5.06 Å². The highest BCUT2D eigenvalue weighted by molar-refractivity contribution is 5.71. The number of carbonyl (C=O) groups excluding carboxylic acids is 1. The zero-order valence-electron chi connectivity index (χ0n) is 6.10. The van der Waals surface area contributed by atoms with Gasteiger partial charge in [-0.25, -0.2) is 0 Å². The molecule has 0 aromatic carbocycles. The van der Waals surface area contributed by atoms with Crippen LogP contribution in [0.25, 0.3) is 0 Å². The molecular formula is C7H8N2O2. The van der Waals surface area contributed by atoms with Crippen molar-refractivity contribution in [3.05, 3.63) is 24.5 Å². The van der Waals surface area contributed by atoms with E-state index in [1.165, 1.54) is 13.3 Å². The first-order chi connectivity index (χ1) is 5.38. The fourth-order valence-corrected chi connectivity index (χ4v) is 0.693. The van der Waals surface area contributed by atoms with Gasteiger partial charge < -0.3 is 0 Å². The van der Waals surface area contributed by atoms with Crippen molar-refractivity contribution < 1.29 is 9.63 Å². The second kappa shape index (κ2) is 3.68. The summed E-state index contributed by atoms with van der Waals surface area (Å²) >= 11 is 0. The molecule has 0 fully saturated rings. The maximum atomic E-state index is 10.3. The largest absolute Gasteiger partial charge is 0.276 e. The number of amides is 1. The average Bonchev–Trinajstić information content (AvgIpc) is 2.09. The third-order valence-corrected chi connectivity index (χ3v) is 1.19. The first-order valence-corrected chi connectivity index (χ1v) is 3.07. The van der Waals surface area contributed by atoms with Crippen molar-refractivity contribution in [1.29, 1.82) is 0 Å². The van der Waals surface area contributed by atoms with E-state index in [1.807, 2.05) is 0 Å². The monoisotopic (exact) mass is 152 g/mol. The molecule has 0 N–H and O–H groups in total. The van der Waals surface area contributed by atoms with Crippen LogP contribution in [0.1, 0.15) is 0 Å². The Morgan fingerprint density at radius 2 is 2.55 bits per heavy atom. The van der Waals surface area contributed by atoms with Crippen molar-refractivity contribution in [1.82, 2.24) is 4.98 Å². The molecule has 58 valence electrons. The Labute approximate surface area is 64.4 Å². The highest BCUT2D eigenvalue weighted by Gasteiger charge is 2.00. The van der Waals surface area contributed by atoms with Gasteiger partial charge in [0.15, 0.2) is 0 Å². The van der Waals surface area contributed by atoms with Gasteiger partial charge in [0.25, 0.3) is 0 Å². The number of carbonyl (C=O) groups is 1. The van der Waals surface area contributed by atoms with Gasteiger partial charge in [-0.15, -0.1) is 0 Å². The number of anilines is 1. The van der Waals surface area contributed by atoms with Crippen LogP contribution in [0, 0.1) is 0 Å². The first kappa shape index (κ1) is 7.68. The second-order valence-corrected chi connectivity index (χ2v) is 1.83. The van der Waals surface area contributed by atoms with Crippen LogP contribution < -0.4 is 5.06 Å². The molecule has 0 radical (unpaired) electrons. The quantitative estimate of drug-likeness (QED) is 0.470. The molecule has 1 aromatic rings. The Morgan fingerprint density at radius 1 is 1.73 bits per heavy atom. The first-order valence-electron chi connectivity index (χ1n) is 3.07. The van der Waals surface area contributed by atoms with Crippen molar-refractivity contribution in [2.24, 2.45) is 0 Å². The summed E-state index contributed by atoms with van der Waals surface area (Å²) in [5.74, 6) is 0. The average molecular weight is 152 g/mol. The molecule has 4 heteroatoms. The summed E-state index contributed by atoms with van der Waals surface area (Å²) < 4.78 is 0. The summed E-state index contributed by atoms with van der Waals surface area (Å²) in [7, 11) is 1.42. The van der Waals surface area contributed by atoms with Crippen LogP contribution in [0.3, 0.4) is 0 Å². The number of pyridine rings is 1. The number of aromatic nitrogens is 1. The Kier molecular flexibility index (Phi) is 2.57. The van der Waals surface area contributed by atoms with E-state index in [0.29, 0.717) is 12.1 Å². The Bertz CT molecular complexity index is 225. The summed E-state index contributed by atoms with van der Waals surface area (Å²) in [4.78, 5) is 18.8. The van der Waals surface area contributed by atoms with Crippen LogP contribution in [-0.4, -0.2) is 18.5 Å². The summed E-state index contributed by atoms with van der Waals surface area (Å²) in [5, 5.41) is 1.09. The topological polar surface area (TPSA) is 42.4 Å². The molecule has 1 heterocycles. The number of hydroxylamine groups is 1. The number of nitrogens with zero attached hydrogens (tertiary/aromatic N) is 2. The highest BCUT2D eigenvalue weighted by Crippen LogP contribution is 2.08. The molecule has 0 spiro atoms. The van der Waals surface area contributed by atoms with Gasteiger partial charge in [-0.1, -0.05) is 0 Å². The van der Waals surface area contributed by atoms with Crippen LogP contribution in [0.2, 0.25) is 0 Å². The van der Waals surface area contributed by atoms with Crippen LogP contribution in [0.5, 0.6) is 0 Å². The summed E-state index contributed by atoms with van der Waals surface area (Å²) in [6, 6.07) is 3.45. The Hall–Kier alpha value is -1.42. The fourth-order valence-electron chi connectivity index (χ4n) is 0.693. The lowest BCUT2D eigenvalue weighted by Crippen LogP contribution is -2.18. The Morgan fingerprint density at radius 3 is 3.00 bits per heavy atom. The number of hydrogen-bond donors (Lipinski definition) is 0. The van der Waals surface area contributed by atoms with Gasteiger partial charge in [-0.3, -0.25) is 14.6 Å². The molecule has 1 aromatic heterocycles. The molecule has 0 atom stereocenters. The molecule has 0 saturated carbocycles. The molecule has 0 unspecified atom stereocenters. The van der Waals surface area contributed by atoms with Gasteiger partial charge in [0.2, 0.25) is 6.41 Å². The zero-order valence-corrected chi connectivity index (χ0v) is 6.10. The molecular weight excluding hydrogens is 144 g/mol. The minimum atomic E-state index is 0.580. The summed E-state index contributed by atoms with van der Waals surface area (Å²) in [6.45, 7) is 0. The minimum absolute atomic E-state index is 0.580. The number of hydrogen-bond acceptors (Lipinski definition) is 3. The Balaban J connectivity index is 2.82. The number of rotatable bonds is 3. The second-order valence-electron chi connectivity index (χ2n) is 1.83. The van der Waals surface area contributed by atoms with Crippen LogP contribution in [0.4, 0.5) is 5.69 Å². The van der Waals surface area contributed by atoms with Crippen LogP contribution in [0.15, 0.2) is 24.5 Å². The molecule has 0 aliphatic heterocycles. The van der Waals surface area contributed by atoms with E-state index in [-0.39, 0.29) is 0 Å². The van der Waals surface area contributed by atoms with Crippen molar-refractivity contribution in [2.45, 2.75) is 0 Å². The molecule has 1 rings (SSSR count). The fraction of sp³-hybridized carbons (Fsp3) is 0.143. The van der Waals surface area contributed by atoms with E-state index in [0.717, 1.165) is 5.06 Å². The van der Waals surface area contributed by atoms with Crippen molar-refractivity contribution in [3.63, 3.8) is 0 Å².